The number of ether oxygens (including phenoxy) is 2. The van der Waals surface area contributed by atoms with Crippen molar-refractivity contribution in [1.29, 1.82) is 0 Å². The molecule has 0 aromatic rings. The first-order valence-corrected chi connectivity index (χ1v) is 7.24. The lowest BCUT2D eigenvalue weighted by Gasteiger charge is -2.43. The molecule has 0 aromatic carbocycles. The summed E-state index contributed by atoms with van der Waals surface area (Å²) in [6.07, 6.45) is 5.79. The summed E-state index contributed by atoms with van der Waals surface area (Å²) in [5.74, 6) is 0. The van der Waals surface area contributed by atoms with E-state index in [-0.39, 0.29) is 5.60 Å². The number of rotatable bonds is 8. The van der Waals surface area contributed by atoms with Crippen molar-refractivity contribution in [3.8, 4) is 0 Å². The zero-order valence-electron chi connectivity index (χ0n) is 11.8. The highest BCUT2D eigenvalue weighted by Gasteiger charge is 2.40. The number of hydrogen-bond acceptors (Lipinski definition) is 3. The van der Waals surface area contributed by atoms with Gasteiger partial charge in [-0.1, -0.05) is 26.7 Å². The van der Waals surface area contributed by atoms with Gasteiger partial charge in [-0.15, -0.1) is 0 Å². The molecule has 17 heavy (non-hydrogen) atoms. The summed E-state index contributed by atoms with van der Waals surface area (Å²) < 4.78 is 11.6. The molecule has 1 N–H and O–H groups in total. The van der Waals surface area contributed by atoms with Crippen molar-refractivity contribution in [3.05, 3.63) is 0 Å². The third kappa shape index (κ3) is 4.23. The van der Waals surface area contributed by atoms with Gasteiger partial charge in [0.15, 0.2) is 0 Å². The molecular weight excluding hydrogens is 214 g/mol. The van der Waals surface area contributed by atoms with Gasteiger partial charge >= 0.3 is 0 Å². The first kappa shape index (κ1) is 14.9. The van der Waals surface area contributed by atoms with Crippen LogP contribution in [0.3, 0.4) is 0 Å². The van der Waals surface area contributed by atoms with Crippen molar-refractivity contribution in [2.75, 3.05) is 26.4 Å². The van der Waals surface area contributed by atoms with Crippen molar-refractivity contribution in [2.45, 2.75) is 64.5 Å². The second-order valence-corrected chi connectivity index (χ2v) is 4.86. The number of likely N-dealkylation sites (N-methyl/N-ethyl adjacent to an activating group) is 1. The third-order valence-electron chi connectivity index (χ3n) is 3.70. The average molecular weight is 243 g/mol. The van der Waals surface area contributed by atoms with E-state index < -0.39 is 0 Å². The lowest BCUT2D eigenvalue weighted by molar-refractivity contribution is -0.127. The fourth-order valence-electron chi connectivity index (χ4n) is 2.80. The van der Waals surface area contributed by atoms with Crippen molar-refractivity contribution in [2.24, 2.45) is 0 Å². The molecule has 0 aliphatic carbocycles. The number of unbranched alkanes of at least 4 members (excludes halogenated alkanes) is 1. The maximum Gasteiger partial charge on any atom is 0.0878 e. The molecule has 0 saturated carbocycles. The van der Waals surface area contributed by atoms with Crippen molar-refractivity contribution in [1.82, 2.24) is 5.32 Å². The second kappa shape index (κ2) is 8.06. The van der Waals surface area contributed by atoms with Gasteiger partial charge in [0.05, 0.1) is 5.60 Å². The Kier molecular flexibility index (Phi) is 7.09. The summed E-state index contributed by atoms with van der Waals surface area (Å²) in [6.45, 7) is 10.0. The molecule has 0 aromatic heterocycles. The molecule has 1 unspecified atom stereocenters. The highest BCUT2D eigenvalue weighted by Crippen LogP contribution is 2.31. The van der Waals surface area contributed by atoms with Crippen LogP contribution in [0.15, 0.2) is 0 Å². The van der Waals surface area contributed by atoms with Gasteiger partial charge in [-0.05, 0) is 19.9 Å². The van der Waals surface area contributed by atoms with Crippen molar-refractivity contribution < 1.29 is 9.47 Å². The maximum atomic E-state index is 6.14. The monoisotopic (exact) mass is 243 g/mol. The Morgan fingerprint density at radius 3 is 2.47 bits per heavy atom. The number of hydrogen-bond donors (Lipinski definition) is 1. The zero-order chi connectivity index (χ0) is 12.6. The van der Waals surface area contributed by atoms with Crippen LogP contribution in [-0.4, -0.2) is 38.0 Å². The summed E-state index contributed by atoms with van der Waals surface area (Å²) in [5, 5.41) is 3.63. The quantitative estimate of drug-likeness (QED) is 0.711. The van der Waals surface area contributed by atoms with Gasteiger partial charge in [0.1, 0.15) is 0 Å². The van der Waals surface area contributed by atoms with Crippen LogP contribution < -0.4 is 5.32 Å². The van der Waals surface area contributed by atoms with Crippen LogP contribution in [0.5, 0.6) is 0 Å². The average Bonchev–Trinajstić information content (AvgIpc) is 2.36. The maximum absolute atomic E-state index is 6.14. The van der Waals surface area contributed by atoms with Crippen LogP contribution in [0.2, 0.25) is 0 Å². The SMILES string of the molecule is CCCCC(NCC)C1(OCC)CCOCC1. The fraction of sp³-hybridized carbons (Fsp3) is 1.00. The third-order valence-corrected chi connectivity index (χ3v) is 3.70. The molecule has 1 fully saturated rings. The number of nitrogens with one attached hydrogen (secondary N) is 1. The molecule has 1 rings (SSSR count). The molecule has 0 radical (unpaired) electrons. The van der Waals surface area contributed by atoms with E-state index >= 15 is 0 Å². The molecule has 102 valence electrons. The topological polar surface area (TPSA) is 30.5 Å². The second-order valence-electron chi connectivity index (χ2n) is 4.86. The predicted molar refractivity (Wildman–Crippen MR) is 71.4 cm³/mol. The molecule has 0 amide bonds. The van der Waals surface area contributed by atoms with E-state index in [9.17, 15) is 0 Å². The molecule has 1 aliphatic heterocycles. The molecule has 1 atom stereocenters. The van der Waals surface area contributed by atoms with Gasteiger partial charge in [-0.2, -0.15) is 0 Å². The Morgan fingerprint density at radius 1 is 1.24 bits per heavy atom. The van der Waals surface area contributed by atoms with Crippen LogP contribution in [0.25, 0.3) is 0 Å². The predicted octanol–water partition coefficient (Wildman–Crippen LogP) is 2.74. The smallest absolute Gasteiger partial charge is 0.0878 e. The van der Waals surface area contributed by atoms with Gasteiger partial charge in [0.25, 0.3) is 0 Å². The van der Waals surface area contributed by atoms with Gasteiger partial charge in [0.2, 0.25) is 0 Å². The Morgan fingerprint density at radius 2 is 1.94 bits per heavy atom. The minimum absolute atomic E-state index is 0.0121. The van der Waals surface area contributed by atoms with Crippen LogP contribution in [0.4, 0.5) is 0 Å². The minimum atomic E-state index is 0.0121. The van der Waals surface area contributed by atoms with E-state index in [0.717, 1.165) is 39.2 Å². The Balaban J connectivity index is 2.67. The highest BCUT2D eigenvalue weighted by atomic mass is 16.5. The van der Waals surface area contributed by atoms with E-state index in [0.29, 0.717) is 6.04 Å². The Labute approximate surface area is 106 Å². The van der Waals surface area contributed by atoms with Crippen LogP contribution >= 0.6 is 0 Å². The van der Waals surface area contributed by atoms with Gasteiger partial charge in [0, 0.05) is 38.7 Å². The van der Waals surface area contributed by atoms with Crippen LogP contribution in [0, 0.1) is 0 Å². The normalized spacial score (nSPS) is 21.4. The Bertz CT molecular complexity index is 185. The van der Waals surface area contributed by atoms with E-state index in [4.69, 9.17) is 9.47 Å². The van der Waals surface area contributed by atoms with Gasteiger partial charge < -0.3 is 14.8 Å². The molecule has 3 nitrogen and oxygen atoms in total. The first-order valence-electron chi connectivity index (χ1n) is 7.24. The van der Waals surface area contributed by atoms with E-state index in [1.807, 2.05) is 0 Å². The minimum Gasteiger partial charge on any atom is -0.381 e. The van der Waals surface area contributed by atoms with E-state index in [1.54, 1.807) is 0 Å². The Hall–Kier alpha value is -0.120. The molecule has 1 heterocycles. The highest BCUT2D eigenvalue weighted by molar-refractivity contribution is 4.95. The van der Waals surface area contributed by atoms with Gasteiger partial charge in [-0.3, -0.25) is 0 Å². The molecule has 1 aliphatic rings. The van der Waals surface area contributed by atoms with Gasteiger partial charge in [-0.25, -0.2) is 0 Å². The molecular formula is C14H29NO2. The standard InChI is InChI=1S/C14H29NO2/c1-4-7-8-13(15-5-2)14(17-6-3)9-11-16-12-10-14/h13,15H,4-12H2,1-3H3. The van der Waals surface area contributed by atoms with E-state index in [2.05, 4.69) is 26.1 Å². The van der Waals surface area contributed by atoms with Crippen LogP contribution in [-0.2, 0) is 9.47 Å². The van der Waals surface area contributed by atoms with E-state index in [1.165, 1.54) is 19.3 Å². The van der Waals surface area contributed by atoms with Crippen molar-refractivity contribution in [3.63, 3.8) is 0 Å². The zero-order valence-corrected chi connectivity index (χ0v) is 11.8. The molecule has 0 spiro atoms. The summed E-state index contributed by atoms with van der Waals surface area (Å²) in [4.78, 5) is 0. The molecule has 0 bridgehead atoms. The van der Waals surface area contributed by atoms with Crippen molar-refractivity contribution >= 4 is 0 Å². The summed E-state index contributed by atoms with van der Waals surface area (Å²) >= 11 is 0. The largest absolute Gasteiger partial charge is 0.381 e. The summed E-state index contributed by atoms with van der Waals surface area (Å²) in [5.41, 5.74) is 0.0121. The molecule has 1 saturated heterocycles. The lowest BCUT2D eigenvalue weighted by Crippen LogP contribution is -2.55. The summed E-state index contributed by atoms with van der Waals surface area (Å²) in [6, 6.07) is 0.483. The summed E-state index contributed by atoms with van der Waals surface area (Å²) in [7, 11) is 0. The lowest BCUT2D eigenvalue weighted by atomic mass is 9.83. The van der Waals surface area contributed by atoms with Crippen LogP contribution in [0.1, 0.15) is 52.9 Å². The first-order chi connectivity index (χ1) is 8.29. The molecule has 3 heteroatoms. The fourth-order valence-corrected chi connectivity index (χ4v) is 2.80.